The average Bonchev–Trinajstić information content (AvgIpc) is 2.48. The number of likely N-dealkylation sites (N-methyl/N-ethyl adjacent to an activating group) is 1. The van der Waals surface area contributed by atoms with E-state index in [0.717, 1.165) is 16.8 Å². The summed E-state index contributed by atoms with van der Waals surface area (Å²) in [5.41, 5.74) is 2.76. The minimum absolute atomic E-state index is 0.0111. The van der Waals surface area contributed by atoms with Crippen molar-refractivity contribution in [2.75, 3.05) is 39.1 Å². The molecule has 0 spiro atoms. The minimum Gasteiger partial charge on any atom is -0.468 e. The molecule has 0 bridgehead atoms. The number of carbonyl (C=O) groups excluding carboxylic acids is 3. The fourth-order valence-corrected chi connectivity index (χ4v) is 2.04. The van der Waals surface area contributed by atoms with Crippen LogP contribution in [0.3, 0.4) is 0 Å². The number of methoxy groups -OCH3 is 1. The SMILES string of the molecule is COC(=O)CNC(=O)CN(C)CC(=O)Nc1c(C)cccc1C. The quantitative estimate of drug-likeness (QED) is 0.713. The molecule has 23 heavy (non-hydrogen) atoms. The molecule has 7 nitrogen and oxygen atoms in total. The molecule has 0 unspecified atom stereocenters. The number of hydrogen-bond acceptors (Lipinski definition) is 5. The number of nitrogens with one attached hydrogen (secondary N) is 2. The largest absolute Gasteiger partial charge is 0.468 e. The van der Waals surface area contributed by atoms with Gasteiger partial charge in [0, 0.05) is 5.69 Å². The third-order valence-corrected chi connectivity index (χ3v) is 3.23. The zero-order valence-corrected chi connectivity index (χ0v) is 13.9. The van der Waals surface area contributed by atoms with Crippen molar-refractivity contribution < 1.29 is 19.1 Å². The van der Waals surface area contributed by atoms with Gasteiger partial charge in [0.2, 0.25) is 11.8 Å². The highest BCUT2D eigenvalue weighted by Gasteiger charge is 2.13. The lowest BCUT2D eigenvalue weighted by Crippen LogP contribution is -2.40. The van der Waals surface area contributed by atoms with Crippen molar-refractivity contribution in [3.05, 3.63) is 29.3 Å². The average molecular weight is 321 g/mol. The second-order valence-corrected chi connectivity index (χ2v) is 5.34. The highest BCUT2D eigenvalue weighted by molar-refractivity contribution is 5.94. The maximum atomic E-state index is 12.1. The van der Waals surface area contributed by atoms with Crippen LogP contribution in [0.15, 0.2) is 18.2 Å². The van der Waals surface area contributed by atoms with Crippen LogP contribution in [0, 0.1) is 13.8 Å². The van der Waals surface area contributed by atoms with Crippen molar-refractivity contribution in [1.82, 2.24) is 10.2 Å². The lowest BCUT2D eigenvalue weighted by molar-refractivity contribution is -0.141. The van der Waals surface area contributed by atoms with E-state index in [1.807, 2.05) is 32.0 Å². The highest BCUT2D eigenvalue weighted by atomic mass is 16.5. The van der Waals surface area contributed by atoms with Gasteiger partial charge in [0.1, 0.15) is 6.54 Å². The van der Waals surface area contributed by atoms with E-state index in [1.165, 1.54) is 7.11 Å². The molecule has 0 radical (unpaired) electrons. The third-order valence-electron chi connectivity index (χ3n) is 3.23. The van der Waals surface area contributed by atoms with Gasteiger partial charge < -0.3 is 15.4 Å². The van der Waals surface area contributed by atoms with Gasteiger partial charge in [-0.3, -0.25) is 19.3 Å². The number of carbonyl (C=O) groups is 3. The fraction of sp³-hybridized carbons (Fsp3) is 0.438. The lowest BCUT2D eigenvalue weighted by Gasteiger charge is -2.17. The van der Waals surface area contributed by atoms with Crippen molar-refractivity contribution in [3.63, 3.8) is 0 Å². The fourth-order valence-electron chi connectivity index (χ4n) is 2.04. The normalized spacial score (nSPS) is 10.3. The van der Waals surface area contributed by atoms with Crippen molar-refractivity contribution in [2.45, 2.75) is 13.8 Å². The summed E-state index contributed by atoms with van der Waals surface area (Å²) < 4.78 is 4.43. The van der Waals surface area contributed by atoms with Crippen molar-refractivity contribution in [2.24, 2.45) is 0 Å². The van der Waals surface area contributed by atoms with Gasteiger partial charge in [0.15, 0.2) is 0 Å². The van der Waals surface area contributed by atoms with Gasteiger partial charge in [-0.15, -0.1) is 0 Å². The molecular formula is C16H23N3O4. The Labute approximate surface area is 136 Å². The minimum atomic E-state index is -0.520. The predicted molar refractivity (Wildman–Crippen MR) is 87.1 cm³/mol. The van der Waals surface area contributed by atoms with Crippen LogP contribution in [-0.2, 0) is 19.1 Å². The number of nitrogens with zero attached hydrogens (tertiary/aromatic N) is 1. The summed E-state index contributed by atoms with van der Waals surface area (Å²) in [6.07, 6.45) is 0. The van der Waals surface area contributed by atoms with Crippen LogP contribution < -0.4 is 10.6 Å². The molecule has 0 aliphatic carbocycles. The van der Waals surface area contributed by atoms with Gasteiger partial charge in [0.05, 0.1) is 20.2 Å². The first-order valence-electron chi connectivity index (χ1n) is 7.21. The monoisotopic (exact) mass is 321 g/mol. The molecule has 0 saturated heterocycles. The molecule has 126 valence electrons. The van der Waals surface area contributed by atoms with Crippen molar-refractivity contribution in [3.8, 4) is 0 Å². The molecule has 0 heterocycles. The molecule has 2 amide bonds. The number of amides is 2. The Morgan fingerprint density at radius 3 is 2.22 bits per heavy atom. The van der Waals surface area contributed by atoms with Crippen molar-refractivity contribution >= 4 is 23.5 Å². The Bertz CT molecular complexity index is 566. The zero-order valence-electron chi connectivity index (χ0n) is 13.9. The van der Waals surface area contributed by atoms with Crippen LogP contribution >= 0.6 is 0 Å². The zero-order chi connectivity index (χ0) is 17.4. The Balaban J connectivity index is 2.45. The first-order valence-corrected chi connectivity index (χ1v) is 7.21. The number of esters is 1. The number of para-hydroxylation sites is 1. The van der Waals surface area contributed by atoms with Gasteiger partial charge in [0.25, 0.3) is 0 Å². The second kappa shape index (κ2) is 8.89. The van der Waals surface area contributed by atoms with Gasteiger partial charge in [-0.25, -0.2) is 0 Å². The van der Waals surface area contributed by atoms with E-state index in [4.69, 9.17) is 0 Å². The van der Waals surface area contributed by atoms with Crippen LogP contribution in [-0.4, -0.2) is 56.5 Å². The Kier molecular flexibility index (Phi) is 7.21. The Hall–Kier alpha value is -2.41. The molecule has 0 saturated carbocycles. The van der Waals surface area contributed by atoms with E-state index >= 15 is 0 Å². The molecule has 2 N–H and O–H groups in total. The lowest BCUT2D eigenvalue weighted by atomic mass is 10.1. The van der Waals surface area contributed by atoms with Crippen LogP contribution in [0.1, 0.15) is 11.1 Å². The third kappa shape index (κ3) is 6.48. The topological polar surface area (TPSA) is 87.7 Å². The number of hydrogen-bond donors (Lipinski definition) is 2. The van der Waals surface area contributed by atoms with Crippen LogP contribution in [0.2, 0.25) is 0 Å². The molecule has 0 aliphatic heterocycles. The van der Waals surface area contributed by atoms with Crippen LogP contribution in [0.4, 0.5) is 5.69 Å². The summed E-state index contributed by atoms with van der Waals surface area (Å²) in [7, 11) is 2.90. The van der Waals surface area contributed by atoms with E-state index in [9.17, 15) is 14.4 Å². The summed E-state index contributed by atoms with van der Waals surface area (Å²) >= 11 is 0. The van der Waals surface area contributed by atoms with E-state index < -0.39 is 5.97 Å². The van der Waals surface area contributed by atoms with Crippen LogP contribution in [0.5, 0.6) is 0 Å². The summed E-state index contributed by atoms with van der Waals surface area (Å²) in [5, 5.41) is 5.27. The van der Waals surface area contributed by atoms with E-state index in [2.05, 4.69) is 15.4 Å². The standard InChI is InChI=1S/C16H23N3O4/c1-11-6-5-7-12(2)16(11)18-14(21)10-19(3)9-13(20)17-8-15(22)23-4/h5-7H,8-10H2,1-4H3,(H,17,20)(H,18,21). The van der Waals surface area contributed by atoms with Gasteiger partial charge >= 0.3 is 5.97 Å². The number of benzene rings is 1. The van der Waals surface area contributed by atoms with E-state index in [1.54, 1.807) is 11.9 Å². The highest BCUT2D eigenvalue weighted by Crippen LogP contribution is 2.19. The number of ether oxygens (including phenoxy) is 1. The summed E-state index contributed by atoms with van der Waals surface area (Å²) in [4.78, 5) is 36.2. The number of rotatable bonds is 7. The van der Waals surface area contributed by atoms with Gasteiger partial charge in [-0.1, -0.05) is 18.2 Å². The molecular weight excluding hydrogens is 298 g/mol. The molecule has 1 rings (SSSR count). The van der Waals surface area contributed by atoms with Gasteiger partial charge in [-0.05, 0) is 32.0 Å². The predicted octanol–water partition coefficient (Wildman–Crippen LogP) is 0.463. The summed E-state index contributed by atoms with van der Waals surface area (Å²) in [6.45, 7) is 3.74. The smallest absolute Gasteiger partial charge is 0.325 e. The van der Waals surface area contributed by atoms with E-state index in [0.29, 0.717) is 0 Å². The molecule has 0 aromatic heterocycles. The molecule has 1 aromatic rings. The van der Waals surface area contributed by atoms with Crippen LogP contribution in [0.25, 0.3) is 0 Å². The molecule has 7 heteroatoms. The molecule has 1 aromatic carbocycles. The Morgan fingerprint density at radius 1 is 1.09 bits per heavy atom. The number of anilines is 1. The summed E-state index contributed by atoms with van der Waals surface area (Å²) in [5.74, 6) is -1.07. The molecule has 0 fully saturated rings. The maximum absolute atomic E-state index is 12.1. The molecule has 0 atom stereocenters. The van der Waals surface area contributed by atoms with Gasteiger partial charge in [-0.2, -0.15) is 0 Å². The second-order valence-electron chi connectivity index (χ2n) is 5.34. The first-order chi connectivity index (χ1) is 10.8. The Morgan fingerprint density at radius 2 is 1.65 bits per heavy atom. The first kappa shape index (κ1) is 18.6. The van der Waals surface area contributed by atoms with Crippen molar-refractivity contribution in [1.29, 1.82) is 0 Å². The van der Waals surface area contributed by atoms with E-state index in [-0.39, 0.29) is 31.4 Å². The maximum Gasteiger partial charge on any atom is 0.325 e. The number of aryl methyl sites for hydroxylation is 2. The molecule has 0 aliphatic rings. The summed E-state index contributed by atoms with van der Waals surface area (Å²) in [6, 6.07) is 5.78.